The number of hydrogen-bond donors (Lipinski definition) is 1. The second-order valence-corrected chi connectivity index (χ2v) is 5.15. The third-order valence-electron chi connectivity index (χ3n) is 4.09. The molecule has 2 aliphatic heterocycles. The summed E-state index contributed by atoms with van der Waals surface area (Å²) in [6.07, 6.45) is 1.67. The molecule has 0 aliphatic carbocycles. The van der Waals surface area contributed by atoms with Gasteiger partial charge in [0.25, 0.3) is 0 Å². The Hall–Kier alpha value is -1.68. The zero-order valence-corrected chi connectivity index (χ0v) is 10.3. The van der Waals surface area contributed by atoms with Crippen LogP contribution in [0.5, 0.6) is 0 Å². The number of benzene rings is 1. The van der Waals surface area contributed by atoms with Gasteiger partial charge in [-0.05, 0) is 25.5 Å². The largest absolute Gasteiger partial charge is 0.295 e. The second kappa shape index (κ2) is 4.21. The van der Waals surface area contributed by atoms with Crippen LogP contribution in [0.3, 0.4) is 0 Å². The van der Waals surface area contributed by atoms with Gasteiger partial charge in [-0.25, -0.2) is 0 Å². The zero-order valence-electron chi connectivity index (χ0n) is 10.3. The maximum atomic E-state index is 11.7. The van der Waals surface area contributed by atoms with Crippen molar-refractivity contribution >= 4 is 11.8 Å². The van der Waals surface area contributed by atoms with E-state index in [0.717, 1.165) is 12.8 Å². The van der Waals surface area contributed by atoms with Gasteiger partial charge in [-0.1, -0.05) is 30.3 Å². The van der Waals surface area contributed by atoms with E-state index in [0.29, 0.717) is 0 Å². The van der Waals surface area contributed by atoms with Crippen molar-refractivity contribution in [1.29, 1.82) is 0 Å². The van der Waals surface area contributed by atoms with Gasteiger partial charge >= 0.3 is 0 Å². The lowest BCUT2D eigenvalue weighted by atomic mass is 9.98. The van der Waals surface area contributed by atoms with Crippen LogP contribution in [0.2, 0.25) is 0 Å². The topological polar surface area (TPSA) is 49.4 Å². The van der Waals surface area contributed by atoms with E-state index in [1.165, 1.54) is 5.56 Å². The Labute approximate surface area is 106 Å². The number of hydrogen-bond acceptors (Lipinski definition) is 3. The average Bonchev–Trinajstić information content (AvgIpc) is 2.82. The second-order valence-electron chi connectivity index (χ2n) is 5.15. The summed E-state index contributed by atoms with van der Waals surface area (Å²) >= 11 is 0. The molecule has 0 bridgehead atoms. The molecule has 3 rings (SSSR count). The van der Waals surface area contributed by atoms with E-state index in [2.05, 4.69) is 22.3 Å². The van der Waals surface area contributed by atoms with E-state index < -0.39 is 0 Å². The van der Waals surface area contributed by atoms with Crippen LogP contribution in [0.1, 0.15) is 12.0 Å². The van der Waals surface area contributed by atoms with E-state index >= 15 is 0 Å². The number of nitrogens with one attached hydrogen (secondary N) is 1. The smallest absolute Gasteiger partial charge is 0.244 e. The highest BCUT2D eigenvalue weighted by Gasteiger charge is 2.51. The predicted molar refractivity (Wildman–Crippen MR) is 66.7 cm³/mol. The average molecular weight is 244 g/mol. The highest BCUT2D eigenvalue weighted by Crippen LogP contribution is 2.33. The summed E-state index contributed by atoms with van der Waals surface area (Å²) in [7, 11) is 1.94. The molecular weight excluding hydrogens is 228 g/mol. The molecule has 2 saturated heterocycles. The van der Waals surface area contributed by atoms with Crippen molar-refractivity contribution in [1.82, 2.24) is 10.2 Å². The molecule has 0 spiro atoms. The molecule has 94 valence electrons. The zero-order chi connectivity index (χ0) is 12.7. The molecule has 3 atom stereocenters. The van der Waals surface area contributed by atoms with Gasteiger partial charge in [0.05, 0.1) is 5.92 Å². The Kier molecular flexibility index (Phi) is 2.67. The molecule has 18 heavy (non-hydrogen) atoms. The van der Waals surface area contributed by atoms with Gasteiger partial charge in [0.1, 0.15) is 6.04 Å². The molecule has 0 aromatic heterocycles. The van der Waals surface area contributed by atoms with E-state index in [-0.39, 0.29) is 29.8 Å². The summed E-state index contributed by atoms with van der Waals surface area (Å²) in [6.45, 7) is 0. The van der Waals surface area contributed by atoms with Gasteiger partial charge in [-0.15, -0.1) is 0 Å². The summed E-state index contributed by atoms with van der Waals surface area (Å²) in [4.78, 5) is 25.4. The normalized spacial score (nSPS) is 31.5. The minimum atomic E-state index is -0.258. The number of likely N-dealkylation sites (N-methyl/N-ethyl adjacent to an activating group) is 1. The maximum Gasteiger partial charge on any atom is 0.244 e. The number of nitrogens with zero attached hydrogens (tertiary/aromatic N) is 1. The molecule has 3 unspecified atom stereocenters. The first-order valence-electron chi connectivity index (χ1n) is 6.27. The van der Waals surface area contributed by atoms with Crippen molar-refractivity contribution in [3.8, 4) is 0 Å². The Balaban J connectivity index is 1.77. The Morgan fingerprint density at radius 2 is 1.94 bits per heavy atom. The molecule has 0 radical (unpaired) electrons. The molecule has 4 heteroatoms. The molecule has 1 N–H and O–H groups in total. The number of carbonyl (C=O) groups is 2. The van der Waals surface area contributed by atoms with E-state index in [9.17, 15) is 9.59 Å². The number of imide groups is 1. The van der Waals surface area contributed by atoms with E-state index in [1.807, 2.05) is 25.2 Å². The molecule has 2 fully saturated rings. The van der Waals surface area contributed by atoms with Crippen LogP contribution in [0, 0.1) is 5.92 Å². The molecule has 2 amide bonds. The van der Waals surface area contributed by atoms with Crippen LogP contribution in [-0.4, -0.2) is 35.8 Å². The molecule has 2 heterocycles. The maximum absolute atomic E-state index is 11.7. The Bertz CT molecular complexity index is 486. The standard InChI is InChI=1S/C14H16N2O2/c1-16-10(7-9-5-3-2-4-6-9)8-11-12(16)14(18)15-13(11)17/h2-6,10-12H,7-8H2,1H3,(H,15,17,18). The SMILES string of the molecule is CN1C(Cc2ccccc2)CC2C(=O)NC(=O)C21. The van der Waals surface area contributed by atoms with E-state index in [1.54, 1.807) is 0 Å². The first-order chi connectivity index (χ1) is 8.66. The van der Waals surface area contributed by atoms with Gasteiger partial charge in [0.15, 0.2) is 0 Å². The number of amides is 2. The quantitative estimate of drug-likeness (QED) is 0.774. The molecular formula is C14H16N2O2. The number of likely N-dealkylation sites (tertiary alicyclic amines) is 1. The van der Waals surface area contributed by atoms with Crippen LogP contribution >= 0.6 is 0 Å². The molecule has 1 aromatic rings. The van der Waals surface area contributed by atoms with Crippen molar-refractivity contribution < 1.29 is 9.59 Å². The molecule has 4 nitrogen and oxygen atoms in total. The van der Waals surface area contributed by atoms with Crippen LogP contribution in [0.4, 0.5) is 0 Å². The van der Waals surface area contributed by atoms with Crippen LogP contribution in [-0.2, 0) is 16.0 Å². The third-order valence-corrected chi connectivity index (χ3v) is 4.09. The van der Waals surface area contributed by atoms with Crippen molar-refractivity contribution in [2.45, 2.75) is 24.9 Å². The first kappa shape index (κ1) is 11.4. The summed E-state index contributed by atoms with van der Waals surface area (Å²) in [6, 6.07) is 10.2. The number of fused-ring (bicyclic) bond motifs is 1. The monoisotopic (exact) mass is 244 g/mol. The number of carbonyl (C=O) groups excluding carboxylic acids is 2. The highest BCUT2D eigenvalue weighted by atomic mass is 16.2. The Morgan fingerprint density at radius 3 is 2.61 bits per heavy atom. The number of rotatable bonds is 2. The fourth-order valence-corrected chi connectivity index (χ4v) is 3.12. The molecule has 1 aromatic carbocycles. The van der Waals surface area contributed by atoms with Gasteiger partial charge in [0.2, 0.25) is 11.8 Å². The summed E-state index contributed by atoms with van der Waals surface area (Å²) in [5, 5.41) is 2.41. The van der Waals surface area contributed by atoms with Crippen molar-refractivity contribution in [3.63, 3.8) is 0 Å². The van der Waals surface area contributed by atoms with Crippen molar-refractivity contribution in [2.24, 2.45) is 5.92 Å². The summed E-state index contributed by atoms with van der Waals surface area (Å²) in [5.74, 6) is -0.397. The Morgan fingerprint density at radius 1 is 1.22 bits per heavy atom. The third kappa shape index (κ3) is 1.73. The summed E-state index contributed by atoms with van der Waals surface area (Å²) < 4.78 is 0. The molecule has 0 saturated carbocycles. The summed E-state index contributed by atoms with van der Waals surface area (Å²) in [5.41, 5.74) is 1.25. The van der Waals surface area contributed by atoms with Gasteiger partial charge in [-0.2, -0.15) is 0 Å². The highest BCUT2D eigenvalue weighted by molar-refractivity contribution is 6.07. The fraction of sp³-hybridized carbons (Fsp3) is 0.429. The lowest BCUT2D eigenvalue weighted by molar-refractivity contribution is -0.127. The lowest BCUT2D eigenvalue weighted by Crippen LogP contribution is -2.40. The lowest BCUT2D eigenvalue weighted by Gasteiger charge is -2.23. The van der Waals surface area contributed by atoms with Crippen LogP contribution < -0.4 is 5.32 Å². The van der Waals surface area contributed by atoms with Gasteiger partial charge in [0, 0.05) is 6.04 Å². The first-order valence-corrected chi connectivity index (χ1v) is 6.27. The van der Waals surface area contributed by atoms with Gasteiger partial charge < -0.3 is 0 Å². The van der Waals surface area contributed by atoms with Crippen molar-refractivity contribution in [2.75, 3.05) is 7.05 Å². The van der Waals surface area contributed by atoms with Gasteiger partial charge in [-0.3, -0.25) is 19.8 Å². The predicted octanol–water partition coefficient (Wildman–Crippen LogP) is 0.574. The minimum Gasteiger partial charge on any atom is -0.295 e. The van der Waals surface area contributed by atoms with Crippen LogP contribution in [0.25, 0.3) is 0 Å². The molecule has 2 aliphatic rings. The minimum absolute atomic E-state index is 0.104. The van der Waals surface area contributed by atoms with Crippen LogP contribution in [0.15, 0.2) is 30.3 Å². The fourth-order valence-electron chi connectivity index (χ4n) is 3.12. The van der Waals surface area contributed by atoms with E-state index in [4.69, 9.17) is 0 Å². The van der Waals surface area contributed by atoms with Crippen molar-refractivity contribution in [3.05, 3.63) is 35.9 Å².